The first-order valence-electron chi connectivity index (χ1n) is 5.79. The van der Waals surface area contributed by atoms with Gasteiger partial charge in [-0.05, 0) is 0 Å². The Kier molecular flexibility index (Phi) is 4.53. The van der Waals surface area contributed by atoms with Gasteiger partial charge in [0, 0.05) is 26.2 Å². The van der Waals surface area contributed by atoms with Crippen LogP contribution in [0.1, 0.15) is 6.42 Å². The van der Waals surface area contributed by atoms with E-state index >= 15 is 0 Å². The van der Waals surface area contributed by atoms with Crippen LogP contribution in [0.2, 0.25) is 0 Å². The van der Waals surface area contributed by atoms with Gasteiger partial charge < -0.3 is 14.8 Å². The number of amides is 1. The summed E-state index contributed by atoms with van der Waals surface area (Å²) in [5.74, 6) is 0.0237. The summed E-state index contributed by atoms with van der Waals surface area (Å²) in [4.78, 5) is 11.7. The van der Waals surface area contributed by atoms with E-state index < -0.39 is 0 Å². The van der Waals surface area contributed by atoms with Crippen molar-refractivity contribution in [2.45, 2.75) is 12.5 Å². The Morgan fingerprint density at radius 1 is 1.38 bits per heavy atom. The largest absolute Gasteiger partial charge is 0.379 e. The summed E-state index contributed by atoms with van der Waals surface area (Å²) >= 11 is 0. The van der Waals surface area contributed by atoms with Crippen molar-refractivity contribution in [2.24, 2.45) is 0 Å². The van der Waals surface area contributed by atoms with E-state index in [0.717, 1.165) is 26.2 Å². The zero-order valence-corrected chi connectivity index (χ0v) is 9.41. The minimum Gasteiger partial charge on any atom is -0.379 e. The molecule has 2 N–H and O–H groups in total. The van der Waals surface area contributed by atoms with Crippen LogP contribution in [0.4, 0.5) is 0 Å². The average molecular weight is 229 g/mol. The molecule has 16 heavy (non-hydrogen) atoms. The smallest absolute Gasteiger partial charge is 0.236 e. The van der Waals surface area contributed by atoms with E-state index in [2.05, 4.69) is 10.7 Å². The fourth-order valence-electron chi connectivity index (χ4n) is 1.85. The molecule has 0 bridgehead atoms. The molecule has 2 fully saturated rings. The fourth-order valence-corrected chi connectivity index (χ4v) is 1.85. The SMILES string of the molecule is O=C(CC1CNCCO1)NN1CCOCC1. The van der Waals surface area contributed by atoms with Gasteiger partial charge in [0.25, 0.3) is 0 Å². The van der Waals surface area contributed by atoms with E-state index in [-0.39, 0.29) is 12.0 Å². The molecular weight excluding hydrogens is 210 g/mol. The van der Waals surface area contributed by atoms with E-state index in [1.807, 2.05) is 5.01 Å². The van der Waals surface area contributed by atoms with Gasteiger partial charge in [-0.15, -0.1) is 0 Å². The molecule has 0 aliphatic carbocycles. The van der Waals surface area contributed by atoms with E-state index in [4.69, 9.17) is 9.47 Å². The van der Waals surface area contributed by atoms with Crippen LogP contribution >= 0.6 is 0 Å². The maximum atomic E-state index is 11.7. The normalized spacial score (nSPS) is 27.6. The molecule has 0 aromatic carbocycles. The van der Waals surface area contributed by atoms with Gasteiger partial charge >= 0.3 is 0 Å². The third-order valence-electron chi connectivity index (χ3n) is 2.71. The van der Waals surface area contributed by atoms with Gasteiger partial charge in [-0.3, -0.25) is 10.2 Å². The summed E-state index contributed by atoms with van der Waals surface area (Å²) in [5, 5.41) is 5.11. The predicted molar refractivity (Wildman–Crippen MR) is 57.8 cm³/mol. The van der Waals surface area contributed by atoms with Crippen LogP contribution < -0.4 is 10.7 Å². The Bertz CT molecular complexity index is 203. The molecule has 0 aromatic heterocycles. The quantitative estimate of drug-likeness (QED) is 0.632. The van der Waals surface area contributed by atoms with Gasteiger partial charge in [-0.1, -0.05) is 0 Å². The number of rotatable bonds is 3. The van der Waals surface area contributed by atoms with Crippen molar-refractivity contribution in [1.82, 2.24) is 15.8 Å². The zero-order valence-electron chi connectivity index (χ0n) is 9.41. The van der Waals surface area contributed by atoms with Crippen molar-refractivity contribution >= 4 is 5.91 Å². The van der Waals surface area contributed by atoms with Gasteiger partial charge in [0.2, 0.25) is 5.91 Å². The number of ether oxygens (including phenoxy) is 2. The van der Waals surface area contributed by atoms with Crippen molar-refractivity contribution in [2.75, 3.05) is 46.0 Å². The maximum absolute atomic E-state index is 11.7. The standard InChI is InChI=1S/C10H19N3O3/c14-10(7-9-8-11-1-4-16-9)12-13-2-5-15-6-3-13/h9,11H,1-8H2,(H,12,14). The minimum absolute atomic E-state index is 0.00907. The molecule has 0 spiro atoms. The first-order chi connectivity index (χ1) is 7.84. The molecule has 0 saturated carbocycles. The highest BCUT2D eigenvalue weighted by Gasteiger charge is 2.19. The second kappa shape index (κ2) is 6.15. The first kappa shape index (κ1) is 11.8. The van der Waals surface area contributed by atoms with Crippen LogP contribution in [0.25, 0.3) is 0 Å². The third-order valence-corrected chi connectivity index (χ3v) is 2.71. The molecule has 0 radical (unpaired) electrons. The number of carbonyl (C=O) groups excluding carboxylic acids is 1. The minimum atomic E-state index is 0.00907. The lowest BCUT2D eigenvalue weighted by Crippen LogP contribution is -2.50. The molecule has 2 saturated heterocycles. The Hall–Kier alpha value is -0.690. The lowest BCUT2D eigenvalue weighted by Gasteiger charge is -2.28. The van der Waals surface area contributed by atoms with Crippen LogP contribution in [0.5, 0.6) is 0 Å². The van der Waals surface area contributed by atoms with Gasteiger partial charge in [0.1, 0.15) is 0 Å². The van der Waals surface area contributed by atoms with E-state index in [0.29, 0.717) is 26.2 Å². The first-order valence-corrected chi connectivity index (χ1v) is 5.79. The molecule has 2 aliphatic heterocycles. The molecule has 92 valence electrons. The van der Waals surface area contributed by atoms with Crippen LogP contribution in [-0.4, -0.2) is 63.0 Å². The molecule has 2 aliphatic rings. The number of hydrazine groups is 1. The summed E-state index contributed by atoms with van der Waals surface area (Å²) in [6.07, 6.45) is 0.430. The summed E-state index contributed by atoms with van der Waals surface area (Å²) in [6, 6.07) is 0. The molecular formula is C10H19N3O3. The molecule has 6 heteroatoms. The third kappa shape index (κ3) is 3.71. The Balaban J connectivity index is 1.66. The number of hydrogen-bond acceptors (Lipinski definition) is 5. The van der Waals surface area contributed by atoms with E-state index in [9.17, 15) is 4.79 Å². The van der Waals surface area contributed by atoms with E-state index in [1.165, 1.54) is 0 Å². The molecule has 0 aromatic rings. The number of nitrogens with one attached hydrogen (secondary N) is 2. The number of nitrogens with zero attached hydrogens (tertiary/aromatic N) is 1. The monoisotopic (exact) mass is 229 g/mol. The van der Waals surface area contributed by atoms with Gasteiger partial charge in [0.05, 0.1) is 32.3 Å². The Morgan fingerprint density at radius 2 is 2.19 bits per heavy atom. The van der Waals surface area contributed by atoms with Crippen molar-refractivity contribution in [3.05, 3.63) is 0 Å². The van der Waals surface area contributed by atoms with Gasteiger partial charge in [0.15, 0.2) is 0 Å². The summed E-state index contributed by atoms with van der Waals surface area (Å²) in [6.45, 7) is 5.21. The fraction of sp³-hybridized carbons (Fsp3) is 0.900. The van der Waals surface area contributed by atoms with Crippen molar-refractivity contribution in [1.29, 1.82) is 0 Å². The van der Waals surface area contributed by atoms with Crippen molar-refractivity contribution in [3.63, 3.8) is 0 Å². The van der Waals surface area contributed by atoms with Crippen LogP contribution in [0.15, 0.2) is 0 Å². The molecule has 1 amide bonds. The van der Waals surface area contributed by atoms with Crippen LogP contribution in [0.3, 0.4) is 0 Å². The Labute approximate surface area is 95.2 Å². The number of carbonyl (C=O) groups is 1. The lowest BCUT2D eigenvalue weighted by atomic mass is 10.2. The van der Waals surface area contributed by atoms with E-state index in [1.54, 1.807) is 0 Å². The summed E-state index contributed by atoms with van der Waals surface area (Å²) < 4.78 is 10.7. The molecule has 2 rings (SSSR count). The number of hydrogen-bond donors (Lipinski definition) is 2. The topological polar surface area (TPSA) is 62.8 Å². The molecule has 6 nitrogen and oxygen atoms in total. The summed E-state index contributed by atoms with van der Waals surface area (Å²) in [7, 11) is 0. The molecule has 1 atom stereocenters. The molecule has 2 heterocycles. The lowest BCUT2D eigenvalue weighted by molar-refractivity contribution is -0.131. The van der Waals surface area contributed by atoms with Gasteiger partial charge in [-0.25, -0.2) is 5.01 Å². The molecule has 1 unspecified atom stereocenters. The number of morpholine rings is 2. The Morgan fingerprint density at radius 3 is 2.88 bits per heavy atom. The van der Waals surface area contributed by atoms with Gasteiger partial charge in [-0.2, -0.15) is 0 Å². The van der Waals surface area contributed by atoms with Crippen LogP contribution in [0, 0.1) is 0 Å². The zero-order chi connectivity index (χ0) is 11.2. The highest BCUT2D eigenvalue weighted by molar-refractivity contribution is 5.75. The summed E-state index contributed by atoms with van der Waals surface area (Å²) in [5.41, 5.74) is 2.87. The van der Waals surface area contributed by atoms with Crippen molar-refractivity contribution in [3.8, 4) is 0 Å². The highest BCUT2D eigenvalue weighted by atomic mass is 16.5. The van der Waals surface area contributed by atoms with Crippen molar-refractivity contribution < 1.29 is 14.3 Å². The maximum Gasteiger partial charge on any atom is 0.236 e. The second-order valence-corrected chi connectivity index (χ2v) is 4.04. The average Bonchev–Trinajstić information content (AvgIpc) is 2.31. The highest BCUT2D eigenvalue weighted by Crippen LogP contribution is 2.02. The second-order valence-electron chi connectivity index (χ2n) is 4.04. The predicted octanol–water partition coefficient (Wildman–Crippen LogP) is -1.27. The van der Waals surface area contributed by atoms with Crippen LogP contribution in [-0.2, 0) is 14.3 Å².